The zero-order valence-electron chi connectivity index (χ0n) is 19.0. The van der Waals surface area contributed by atoms with E-state index < -0.39 is 22.4 Å². The maximum atomic E-state index is 12.3. The number of fused-ring (bicyclic) bond motifs is 1. The highest BCUT2D eigenvalue weighted by molar-refractivity contribution is 7.91. The number of aromatic nitrogens is 1. The number of nitrogens with zero attached hydrogens (tertiary/aromatic N) is 1. The first-order valence-electron chi connectivity index (χ1n) is 10.1. The molecule has 3 rings (SSSR count). The number of nitrogens with one attached hydrogen (secondary N) is 2. The molecular formula is C22H25N3O8S. The van der Waals surface area contributed by atoms with Crippen molar-refractivity contribution >= 4 is 32.8 Å². The smallest absolute Gasteiger partial charge is 0.419 e. The number of hydrogen-bond donors (Lipinski definition) is 3. The van der Waals surface area contributed by atoms with E-state index in [0.29, 0.717) is 27.8 Å². The van der Waals surface area contributed by atoms with Crippen molar-refractivity contribution in [3.8, 4) is 17.2 Å². The number of pyridine rings is 1. The Labute approximate surface area is 196 Å². The highest BCUT2D eigenvalue weighted by atomic mass is 32.2. The van der Waals surface area contributed by atoms with Crippen LogP contribution in [0.3, 0.4) is 0 Å². The summed E-state index contributed by atoms with van der Waals surface area (Å²) in [6.45, 7) is 1.99. The van der Waals surface area contributed by atoms with Crippen molar-refractivity contribution in [3.63, 3.8) is 0 Å². The second-order valence-corrected chi connectivity index (χ2v) is 8.39. The summed E-state index contributed by atoms with van der Waals surface area (Å²) in [5.74, 6) is 1.34. The minimum Gasteiger partial charge on any atom is -0.497 e. The molecule has 0 bridgehead atoms. The molecule has 0 saturated heterocycles. The third-order valence-electron chi connectivity index (χ3n) is 4.89. The van der Waals surface area contributed by atoms with Gasteiger partial charge in [0.2, 0.25) is 0 Å². The summed E-state index contributed by atoms with van der Waals surface area (Å²) in [6, 6.07) is 8.67. The Morgan fingerprint density at radius 2 is 1.74 bits per heavy atom. The van der Waals surface area contributed by atoms with Crippen LogP contribution in [0.1, 0.15) is 24.2 Å². The topological polar surface area (TPSA) is 145 Å². The molecule has 3 N–H and O–H groups in total. The van der Waals surface area contributed by atoms with Crippen molar-refractivity contribution in [2.24, 2.45) is 0 Å². The lowest BCUT2D eigenvalue weighted by atomic mass is 9.96. The van der Waals surface area contributed by atoms with E-state index in [0.717, 1.165) is 5.56 Å². The zero-order valence-corrected chi connectivity index (χ0v) is 19.8. The van der Waals surface area contributed by atoms with Gasteiger partial charge < -0.3 is 24.1 Å². The molecule has 0 saturated carbocycles. The Hall–Kier alpha value is -3.77. The summed E-state index contributed by atoms with van der Waals surface area (Å²) < 4.78 is 50.4. The highest BCUT2D eigenvalue weighted by Crippen LogP contribution is 2.39. The van der Waals surface area contributed by atoms with Crippen LogP contribution in [0, 0.1) is 0 Å². The fourth-order valence-electron chi connectivity index (χ4n) is 3.54. The van der Waals surface area contributed by atoms with Gasteiger partial charge in [0.25, 0.3) is 0 Å². The quantitative estimate of drug-likeness (QED) is 0.389. The number of carboxylic acid groups (broad SMARTS) is 1. The minimum absolute atomic E-state index is 0.0422. The molecule has 0 fully saturated rings. The number of ether oxygens (including phenoxy) is 4. The second-order valence-electron chi connectivity index (χ2n) is 6.97. The molecule has 0 aliphatic rings. The van der Waals surface area contributed by atoms with Crippen molar-refractivity contribution in [1.29, 1.82) is 0 Å². The summed E-state index contributed by atoms with van der Waals surface area (Å²) in [5.41, 5.74) is 1.39. The third kappa shape index (κ3) is 5.41. The van der Waals surface area contributed by atoms with Gasteiger partial charge in [-0.15, -0.1) is 0 Å². The molecule has 2 aromatic carbocycles. The number of methoxy groups -OCH3 is 3. The lowest BCUT2D eigenvalue weighted by molar-refractivity contribution is 0.137. The standard InChI is InChI=1S/C22H25N3O8S/c1-5-33-19-7-6-16-17(20(19)24-34(28,29)25-22(26)27)11-23-12-18(16)21(32-4)13-8-14(30-2)10-15(9-13)31-3/h6-12,21,24-25H,5H2,1-4H3,(H,26,27). The normalized spacial score (nSPS) is 12.1. The first kappa shape index (κ1) is 24.9. The molecule has 3 aromatic rings. The van der Waals surface area contributed by atoms with Gasteiger partial charge in [-0.05, 0) is 36.1 Å². The van der Waals surface area contributed by atoms with Crippen LogP contribution in [0.2, 0.25) is 0 Å². The molecule has 182 valence electrons. The van der Waals surface area contributed by atoms with E-state index in [4.69, 9.17) is 24.1 Å². The van der Waals surface area contributed by atoms with Crippen LogP contribution in [-0.2, 0) is 14.9 Å². The molecule has 34 heavy (non-hydrogen) atoms. The zero-order chi connectivity index (χ0) is 24.9. The molecule has 1 heterocycles. The molecular weight excluding hydrogens is 466 g/mol. The number of hydrogen-bond acceptors (Lipinski definition) is 8. The number of anilines is 1. The van der Waals surface area contributed by atoms with E-state index in [9.17, 15) is 13.2 Å². The SMILES string of the molecule is CCOc1ccc2c(C(OC)c3cc(OC)cc(OC)c3)cncc2c1NS(=O)(=O)NC(=O)O. The van der Waals surface area contributed by atoms with Crippen LogP contribution in [0.5, 0.6) is 17.2 Å². The largest absolute Gasteiger partial charge is 0.497 e. The van der Waals surface area contributed by atoms with Gasteiger partial charge >= 0.3 is 16.3 Å². The fourth-order valence-corrected chi connectivity index (χ4v) is 4.30. The van der Waals surface area contributed by atoms with E-state index in [1.165, 1.54) is 18.0 Å². The van der Waals surface area contributed by atoms with Gasteiger partial charge in [0.05, 0.1) is 20.8 Å². The second kappa shape index (κ2) is 10.4. The molecule has 0 aliphatic carbocycles. The summed E-state index contributed by atoms with van der Waals surface area (Å²) in [5, 5.41) is 9.86. The maximum Gasteiger partial charge on any atom is 0.419 e. The number of carbonyl (C=O) groups is 1. The molecule has 11 nitrogen and oxygen atoms in total. The molecule has 1 aromatic heterocycles. The summed E-state index contributed by atoms with van der Waals surface area (Å²) in [4.78, 5) is 15.2. The van der Waals surface area contributed by atoms with Gasteiger partial charge in [-0.2, -0.15) is 8.42 Å². The van der Waals surface area contributed by atoms with Crippen LogP contribution in [0.4, 0.5) is 10.5 Å². The predicted octanol–water partition coefficient (Wildman–Crippen LogP) is 3.31. The average Bonchev–Trinajstić information content (AvgIpc) is 2.80. The Kier molecular flexibility index (Phi) is 7.64. The van der Waals surface area contributed by atoms with Gasteiger partial charge in [0.15, 0.2) is 0 Å². The Morgan fingerprint density at radius 1 is 1.06 bits per heavy atom. The van der Waals surface area contributed by atoms with Crippen LogP contribution >= 0.6 is 0 Å². The van der Waals surface area contributed by atoms with Crippen molar-refractivity contribution < 1.29 is 37.3 Å². The van der Waals surface area contributed by atoms with Crippen LogP contribution in [-0.4, -0.2) is 52.5 Å². The average molecular weight is 492 g/mol. The minimum atomic E-state index is -4.45. The Balaban J connectivity index is 2.21. The summed E-state index contributed by atoms with van der Waals surface area (Å²) in [6.07, 6.45) is 0.728. The lowest BCUT2D eigenvalue weighted by Crippen LogP contribution is -2.34. The van der Waals surface area contributed by atoms with Crippen LogP contribution in [0.15, 0.2) is 42.7 Å². The Morgan fingerprint density at radius 3 is 2.29 bits per heavy atom. The van der Waals surface area contributed by atoms with Crippen molar-refractivity contribution in [1.82, 2.24) is 9.71 Å². The first-order chi connectivity index (χ1) is 16.2. The lowest BCUT2D eigenvalue weighted by Gasteiger charge is -2.21. The molecule has 0 aliphatic heterocycles. The van der Waals surface area contributed by atoms with Crippen LogP contribution in [0.25, 0.3) is 10.8 Å². The number of rotatable bonds is 10. The highest BCUT2D eigenvalue weighted by Gasteiger charge is 2.23. The predicted molar refractivity (Wildman–Crippen MR) is 125 cm³/mol. The van der Waals surface area contributed by atoms with Crippen molar-refractivity contribution in [3.05, 3.63) is 53.9 Å². The van der Waals surface area contributed by atoms with Gasteiger partial charge in [0.1, 0.15) is 29.0 Å². The molecule has 0 spiro atoms. The number of amides is 1. The van der Waals surface area contributed by atoms with Gasteiger partial charge in [0, 0.05) is 36.5 Å². The first-order valence-corrected chi connectivity index (χ1v) is 11.5. The fraction of sp³-hybridized carbons (Fsp3) is 0.273. The third-order valence-corrected chi connectivity index (χ3v) is 5.80. The van der Waals surface area contributed by atoms with Gasteiger partial charge in [-0.1, -0.05) is 6.07 Å². The monoisotopic (exact) mass is 491 g/mol. The molecule has 0 radical (unpaired) electrons. The van der Waals surface area contributed by atoms with Gasteiger partial charge in [-0.3, -0.25) is 9.71 Å². The summed E-state index contributed by atoms with van der Waals surface area (Å²) >= 11 is 0. The van der Waals surface area contributed by atoms with E-state index >= 15 is 0 Å². The molecule has 1 atom stereocenters. The molecule has 12 heteroatoms. The van der Waals surface area contributed by atoms with E-state index in [2.05, 4.69) is 9.71 Å². The van der Waals surface area contributed by atoms with E-state index in [1.54, 1.807) is 57.7 Å². The van der Waals surface area contributed by atoms with Gasteiger partial charge in [-0.25, -0.2) is 9.52 Å². The van der Waals surface area contributed by atoms with E-state index in [1.807, 2.05) is 0 Å². The molecule has 1 amide bonds. The maximum absolute atomic E-state index is 12.3. The van der Waals surface area contributed by atoms with Crippen LogP contribution < -0.4 is 23.7 Å². The molecule has 1 unspecified atom stereocenters. The van der Waals surface area contributed by atoms with E-state index in [-0.39, 0.29) is 18.0 Å². The summed E-state index contributed by atoms with van der Waals surface area (Å²) in [7, 11) is 0.166. The van der Waals surface area contributed by atoms with Crippen molar-refractivity contribution in [2.75, 3.05) is 32.7 Å². The van der Waals surface area contributed by atoms with Crippen molar-refractivity contribution in [2.45, 2.75) is 13.0 Å². The number of benzene rings is 2. The Bertz CT molecular complexity index is 1270.